The first-order valence-electron chi connectivity index (χ1n) is 6.64. The van der Waals surface area contributed by atoms with Gasteiger partial charge >= 0.3 is 0 Å². The summed E-state index contributed by atoms with van der Waals surface area (Å²) in [7, 11) is 3.79. The van der Waals surface area contributed by atoms with Crippen LogP contribution in [-0.4, -0.2) is 57.5 Å². The van der Waals surface area contributed by atoms with Crippen molar-refractivity contribution in [1.29, 1.82) is 0 Å². The number of morpholine rings is 1. The Kier molecular flexibility index (Phi) is 5.14. The maximum Gasteiger partial charge on any atom is 0.196 e. The maximum atomic E-state index is 5.96. The standard InChI is InChI=1S/C14H22N4OS/c1-17(2)14(15)16-12-10-11(20-3)4-5-13(12)18-6-8-19-9-7-18/h4-5,10H,6-9H2,1-3H3,(H2,15,16). The zero-order chi connectivity index (χ0) is 14.5. The van der Waals surface area contributed by atoms with Crippen molar-refractivity contribution in [3.8, 4) is 0 Å². The van der Waals surface area contributed by atoms with E-state index in [0.717, 1.165) is 37.7 Å². The van der Waals surface area contributed by atoms with Gasteiger partial charge < -0.3 is 20.3 Å². The molecule has 1 aliphatic heterocycles. The topological polar surface area (TPSA) is 54.1 Å². The van der Waals surface area contributed by atoms with Crippen LogP contribution < -0.4 is 10.6 Å². The molecule has 0 unspecified atom stereocenters. The molecule has 1 heterocycles. The van der Waals surface area contributed by atoms with Crippen LogP contribution in [0.2, 0.25) is 0 Å². The molecule has 0 saturated carbocycles. The van der Waals surface area contributed by atoms with E-state index in [1.165, 1.54) is 4.90 Å². The number of guanidine groups is 1. The number of hydrogen-bond acceptors (Lipinski definition) is 4. The van der Waals surface area contributed by atoms with E-state index in [0.29, 0.717) is 5.96 Å². The van der Waals surface area contributed by atoms with E-state index < -0.39 is 0 Å². The second-order valence-electron chi connectivity index (χ2n) is 4.82. The molecule has 1 aromatic rings. The number of benzene rings is 1. The number of ether oxygens (including phenoxy) is 1. The molecule has 0 aliphatic carbocycles. The van der Waals surface area contributed by atoms with E-state index in [1.54, 1.807) is 11.8 Å². The van der Waals surface area contributed by atoms with Crippen LogP contribution in [0.25, 0.3) is 0 Å². The second-order valence-corrected chi connectivity index (χ2v) is 5.70. The van der Waals surface area contributed by atoms with Gasteiger partial charge in [-0.25, -0.2) is 4.99 Å². The van der Waals surface area contributed by atoms with Gasteiger partial charge in [-0.2, -0.15) is 0 Å². The van der Waals surface area contributed by atoms with Gasteiger partial charge in [0.1, 0.15) is 0 Å². The highest BCUT2D eigenvalue weighted by Gasteiger charge is 2.15. The molecule has 2 N–H and O–H groups in total. The minimum atomic E-state index is 0.512. The molecule has 1 saturated heterocycles. The number of hydrogen-bond donors (Lipinski definition) is 1. The van der Waals surface area contributed by atoms with Crippen LogP contribution in [0, 0.1) is 0 Å². The van der Waals surface area contributed by atoms with Gasteiger partial charge in [0.15, 0.2) is 5.96 Å². The van der Waals surface area contributed by atoms with Crippen molar-refractivity contribution in [3.63, 3.8) is 0 Å². The van der Waals surface area contributed by atoms with E-state index in [4.69, 9.17) is 10.5 Å². The summed E-state index contributed by atoms with van der Waals surface area (Å²) in [4.78, 5) is 9.87. The zero-order valence-electron chi connectivity index (χ0n) is 12.3. The van der Waals surface area contributed by atoms with Gasteiger partial charge in [0.05, 0.1) is 24.6 Å². The van der Waals surface area contributed by atoms with Crippen LogP contribution in [0.5, 0.6) is 0 Å². The Labute approximate surface area is 124 Å². The predicted molar refractivity (Wildman–Crippen MR) is 86.2 cm³/mol. The van der Waals surface area contributed by atoms with E-state index in [1.807, 2.05) is 19.0 Å². The minimum Gasteiger partial charge on any atom is -0.378 e. The van der Waals surface area contributed by atoms with Crippen molar-refractivity contribution in [2.75, 3.05) is 51.6 Å². The van der Waals surface area contributed by atoms with Gasteiger partial charge in [0.2, 0.25) is 0 Å². The molecule has 0 amide bonds. The average Bonchev–Trinajstić information content (AvgIpc) is 2.48. The molecule has 0 atom stereocenters. The lowest BCUT2D eigenvalue weighted by atomic mass is 10.2. The molecule has 0 bridgehead atoms. The highest BCUT2D eigenvalue weighted by molar-refractivity contribution is 7.98. The Bertz CT molecular complexity index is 484. The SMILES string of the molecule is CSc1ccc(N2CCOCC2)c(/N=C(\N)N(C)C)c1. The highest BCUT2D eigenvalue weighted by Crippen LogP contribution is 2.33. The first-order valence-corrected chi connectivity index (χ1v) is 7.86. The second kappa shape index (κ2) is 6.85. The molecule has 110 valence electrons. The van der Waals surface area contributed by atoms with Crippen LogP contribution in [0.4, 0.5) is 11.4 Å². The van der Waals surface area contributed by atoms with Crippen molar-refractivity contribution in [3.05, 3.63) is 18.2 Å². The number of thioether (sulfide) groups is 1. The van der Waals surface area contributed by atoms with Crippen molar-refractivity contribution < 1.29 is 4.74 Å². The van der Waals surface area contributed by atoms with Gasteiger partial charge in [-0.3, -0.25) is 0 Å². The first kappa shape index (κ1) is 15.0. The van der Waals surface area contributed by atoms with Gasteiger partial charge in [0, 0.05) is 32.1 Å². The van der Waals surface area contributed by atoms with Crippen molar-refractivity contribution in [1.82, 2.24) is 4.90 Å². The summed E-state index contributed by atoms with van der Waals surface area (Å²) in [5, 5.41) is 0. The summed E-state index contributed by atoms with van der Waals surface area (Å²) in [6.45, 7) is 3.30. The normalized spacial score (nSPS) is 16.4. The van der Waals surface area contributed by atoms with Gasteiger partial charge in [-0.1, -0.05) is 0 Å². The minimum absolute atomic E-state index is 0.512. The largest absolute Gasteiger partial charge is 0.378 e. The van der Waals surface area contributed by atoms with E-state index in [9.17, 15) is 0 Å². The quantitative estimate of drug-likeness (QED) is 0.523. The lowest BCUT2D eigenvalue weighted by Crippen LogP contribution is -2.36. The Balaban J connectivity index is 2.36. The molecule has 5 nitrogen and oxygen atoms in total. The van der Waals surface area contributed by atoms with Crippen LogP contribution in [-0.2, 0) is 4.74 Å². The van der Waals surface area contributed by atoms with E-state index in [-0.39, 0.29) is 0 Å². The van der Waals surface area contributed by atoms with Crippen LogP contribution in [0.15, 0.2) is 28.1 Å². The molecule has 1 aliphatic rings. The molecule has 0 radical (unpaired) electrons. The fourth-order valence-electron chi connectivity index (χ4n) is 2.01. The van der Waals surface area contributed by atoms with Gasteiger partial charge in [0.25, 0.3) is 0 Å². The molecule has 6 heteroatoms. The molecule has 0 spiro atoms. The third-order valence-electron chi connectivity index (χ3n) is 3.23. The maximum absolute atomic E-state index is 5.96. The average molecular weight is 294 g/mol. The highest BCUT2D eigenvalue weighted by atomic mass is 32.2. The first-order chi connectivity index (χ1) is 9.61. The number of nitrogens with two attached hydrogens (primary N) is 1. The van der Waals surface area contributed by atoms with E-state index >= 15 is 0 Å². The third-order valence-corrected chi connectivity index (χ3v) is 3.95. The summed E-state index contributed by atoms with van der Waals surface area (Å²) in [6.07, 6.45) is 2.06. The van der Waals surface area contributed by atoms with Crippen molar-refractivity contribution in [2.24, 2.45) is 10.7 Å². The number of aliphatic imine (C=N–C) groups is 1. The number of rotatable bonds is 3. The van der Waals surface area contributed by atoms with Crippen molar-refractivity contribution in [2.45, 2.75) is 4.90 Å². The molecule has 20 heavy (non-hydrogen) atoms. The summed E-state index contributed by atoms with van der Waals surface area (Å²) in [6, 6.07) is 6.34. The molecule has 1 fully saturated rings. The summed E-state index contributed by atoms with van der Waals surface area (Å²) in [5.74, 6) is 0.512. The van der Waals surface area contributed by atoms with E-state index in [2.05, 4.69) is 34.3 Å². The van der Waals surface area contributed by atoms with Crippen LogP contribution in [0.1, 0.15) is 0 Å². The Hall–Kier alpha value is -1.40. The van der Waals surface area contributed by atoms with Crippen molar-refractivity contribution >= 4 is 29.1 Å². The zero-order valence-corrected chi connectivity index (χ0v) is 13.1. The molecular formula is C14H22N4OS. The lowest BCUT2D eigenvalue weighted by molar-refractivity contribution is 0.123. The van der Waals surface area contributed by atoms with Crippen LogP contribution >= 0.6 is 11.8 Å². The number of nitrogens with zero attached hydrogens (tertiary/aromatic N) is 3. The Morgan fingerprint density at radius 3 is 2.65 bits per heavy atom. The lowest BCUT2D eigenvalue weighted by Gasteiger charge is -2.30. The molecule has 2 rings (SSSR count). The molecule has 1 aromatic carbocycles. The van der Waals surface area contributed by atoms with Gasteiger partial charge in [-0.15, -0.1) is 11.8 Å². The molecular weight excluding hydrogens is 272 g/mol. The number of anilines is 1. The van der Waals surface area contributed by atoms with Gasteiger partial charge in [-0.05, 0) is 24.5 Å². The Morgan fingerprint density at radius 2 is 2.05 bits per heavy atom. The summed E-state index contributed by atoms with van der Waals surface area (Å²) in [5.41, 5.74) is 8.01. The summed E-state index contributed by atoms with van der Waals surface area (Å²) < 4.78 is 5.41. The molecule has 0 aromatic heterocycles. The smallest absolute Gasteiger partial charge is 0.196 e. The summed E-state index contributed by atoms with van der Waals surface area (Å²) >= 11 is 1.71. The fourth-order valence-corrected chi connectivity index (χ4v) is 2.45. The predicted octanol–water partition coefficient (Wildman–Crippen LogP) is 1.75. The van der Waals surface area contributed by atoms with Crippen LogP contribution in [0.3, 0.4) is 0 Å². The fraction of sp³-hybridized carbons (Fsp3) is 0.500. The Morgan fingerprint density at radius 1 is 1.35 bits per heavy atom. The monoisotopic (exact) mass is 294 g/mol. The third kappa shape index (κ3) is 3.58.